The Bertz CT molecular complexity index is 1040. The van der Waals surface area contributed by atoms with Crippen LogP contribution < -0.4 is 10.5 Å². The average molecular weight is 429 g/mol. The van der Waals surface area contributed by atoms with Crippen molar-refractivity contribution in [2.75, 3.05) is 7.11 Å². The third kappa shape index (κ3) is 4.36. The van der Waals surface area contributed by atoms with Crippen molar-refractivity contribution in [2.45, 2.75) is 6.18 Å². The summed E-state index contributed by atoms with van der Waals surface area (Å²) in [4.78, 5) is 3.77. The minimum atomic E-state index is -4.62. The van der Waals surface area contributed by atoms with Gasteiger partial charge in [0, 0.05) is 0 Å². The number of hydrogen-bond acceptors (Lipinski definition) is 6. The van der Waals surface area contributed by atoms with E-state index in [1.807, 2.05) is 0 Å². The largest absolute Gasteiger partial charge is 0.493 e. The predicted octanol–water partition coefficient (Wildman–Crippen LogP) is 3.84. The Kier molecular flexibility index (Phi) is 6.19. The van der Waals surface area contributed by atoms with Crippen LogP contribution in [0.2, 0.25) is 10.0 Å². The van der Waals surface area contributed by atoms with E-state index < -0.39 is 17.4 Å². The zero-order chi connectivity index (χ0) is 21.1. The van der Waals surface area contributed by atoms with E-state index in [4.69, 9.17) is 44.2 Å². The van der Waals surface area contributed by atoms with Crippen molar-refractivity contribution in [2.24, 2.45) is 10.7 Å². The second-order valence-corrected chi connectivity index (χ2v) is 5.87. The van der Waals surface area contributed by atoms with Gasteiger partial charge in [-0.2, -0.15) is 28.8 Å². The van der Waals surface area contributed by atoms with Crippen molar-refractivity contribution in [3.05, 3.63) is 51.0 Å². The molecule has 28 heavy (non-hydrogen) atoms. The third-order valence-corrected chi connectivity index (χ3v) is 3.87. The molecule has 0 amide bonds. The number of rotatable bonds is 4. The lowest BCUT2D eigenvalue weighted by atomic mass is 10.2. The molecule has 1 aromatic carbocycles. The normalized spacial score (nSPS) is 12.4. The van der Waals surface area contributed by atoms with Gasteiger partial charge in [0.1, 0.15) is 29.2 Å². The Hall–Kier alpha value is -3.21. The highest BCUT2D eigenvalue weighted by Crippen LogP contribution is 2.37. The van der Waals surface area contributed by atoms with E-state index in [-0.39, 0.29) is 32.9 Å². The van der Waals surface area contributed by atoms with E-state index in [1.54, 1.807) is 12.1 Å². The Morgan fingerprint density at radius 1 is 1.29 bits per heavy atom. The molecule has 0 aliphatic rings. The van der Waals surface area contributed by atoms with Crippen LogP contribution in [0.1, 0.15) is 11.3 Å². The summed E-state index contributed by atoms with van der Waals surface area (Å²) in [5.74, 6) is 0.156. The molecule has 0 aliphatic heterocycles. The molecule has 0 atom stereocenters. The van der Waals surface area contributed by atoms with Crippen LogP contribution in [0.5, 0.6) is 5.75 Å². The van der Waals surface area contributed by atoms with Gasteiger partial charge in [0.05, 0.1) is 35.1 Å². The molecular formula is C16H9Cl2F3N6O. The first-order valence-electron chi connectivity index (χ1n) is 7.16. The molecule has 2 rings (SSSR count). The second kappa shape index (κ2) is 8.21. The summed E-state index contributed by atoms with van der Waals surface area (Å²) in [6.07, 6.45) is -2.21. The van der Waals surface area contributed by atoms with Crippen molar-refractivity contribution in [1.29, 1.82) is 10.5 Å². The number of nitrogens with zero attached hydrogens (tertiary/aromatic N) is 5. The van der Waals surface area contributed by atoms with Gasteiger partial charge >= 0.3 is 6.18 Å². The van der Waals surface area contributed by atoms with Gasteiger partial charge in [-0.25, -0.2) is 9.67 Å². The van der Waals surface area contributed by atoms with Gasteiger partial charge in [-0.1, -0.05) is 23.2 Å². The molecule has 0 bridgehead atoms. The van der Waals surface area contributed by atoms with E-state index in [1.165, 1.54) is 13.3 Å². The first-order chi connectivity index (χ1) is 13.1. The monoisotopic (exact) mass is 428 g/mol. The van der Waals surface area contributed by atoms with E-state index in [2.05, 4.69) is 10.1 Å². The fraction of sp³-hybridized carbons (Fsp3) is 0.125. The zero-order valence-corrected chi connectivity index (χ0v) is 15.4. The molecule has 0 spiro atoms. The fourth-order valence-corrected chi connectivity index (χ4v) is 2.68. The fourth-order valence-electron chi connectivity index (χ4n) is 2.02. The van der Waals surface area contributed by atoms with Crippen LogP contribution in [-0.4, -0.2) is 23.1 Å². The Morgan fingerprint density at radius 3 is 2.36 bits per heavy atom. The molecule has 12 heteroatoms. The Balaban J connectivity index is 2.54. The number of aliphatic imine (C=N–C) groups is 1. The van der Waals surface area contributed by atoms with Crippen molar-refractivity contribution < 1.29 is 17.9 Å². The van der Waals surface area contributed by atoms with Crippen LogP contribution in [-0.2, 0) is 6.18 Å². The molecule has 0 radical (unpaired) electrons. The van der Waals surface area contributed by atoms with E-state index in [9.17, 15) is 13.2 Å². The van der Waals surface area contributed by atoms with Crippen LogP contribution in [0.25, 0.3) is 5.69 Å². The molecule has 2 N–H and O–H groups in total. The van der Waals surface area contributed by atoms with Gasteiger partial charge in [0.2, 0.25) is 0 Å². The smallest absolute Gasteiger partial charge is 0.416 e. The number of alkyl halides is 3. The quantitative estimate of drug-likeness (QED) is 0.586. The molecule has 0 saturated heterocycles. The maximum Gasteiger partial charge on any atom is 0.416 e. The van der Waals surface area contributed by atoms with Crippen molar-refractivity contribution in [3.63, 3.8) is 0 Å². The minimum absolute atomic E-state index is 0.0122. The topological polar surface area (TPSA) is 113 Å². The number of allylic oxidation sites excluding steroid dienone is 2. The number of halogens is 5. The Morgan fingerprint density at radius 2 is 1.89 bits per heavy atom. The van der Waals surface area contributed by atoms with E-state index >= 15 is 0 Å². The summed E-state index contributed by atoms with van der Waals surface area (Å²) in [5.41, 5.74) is 3.67. The summed E-state index contributed by atoms with van der Waals surface area (Å²) in [6.45, 7) is 0. The number of benzene rings is 1. The third-order valence-electron chi connectivity index (χ3n) is 3.30. The molecule has 0 fully saturated rings. The Labute approximate surface area is 166 Å². The van der Waals surface area contributed by atoms with Crippen molar-refractivity contribution in [3.8, 4) is 23.6 Å². The van der Waals surface area contributed by atoms with Crippen LogP contribution in [0.4, 0.5) is 13.2 Å². The molecule has 0 unspecified atom stereocenters. The average Bonchev–Trinajstić information content (AvgIpc) is 3.03. The molecule has 1 aromatic heterocycles. The molecular weight excluding hydrogens is 420 g/mol. The first kappa shape index (κ1) is 21.1. The van der Waals surface area contributed by atoms with Crippen LogP contribution in [0.3, 0.4) is 0 Å². The highest BCUT2D eigenvalue weighted by Gasteiger charge is 2.32. The van der Waals surface area contributed by atoms with Gasteiger partial charge in [0.15, 0.2) is 11.4 Å². The number of nitriles is 2. The molecule has 1 heterocycles. The molecule has 144 valence electrons. The van der Waals surface area contributed by atoms with Gasteiger partial charge in [-0.3, -0.25) is 0 Å². The van der Waals surface area contributed by atoms with Gasteiger partial charge in [-0.15, -0.1) is 0 Å². The number of ether oxygens (including phenoxy) is 1. The minimum Gasteiger partial charge on any atom is -0.493 e. The highest BCUT2D eigenvalue weighted by atomic mass is 35.5. The molecule has 0 saturated carbocycles. The van der Waals surface area contributed by atoms with E-state index in [0.717, 1.165) is 23.0 Å². The lowest BCUT2D eigenvalue weighted by Gasteiger charge is -2.12. The second-order valence-electron chi connectivity index (χ2n) is 5.06. The maximum absolute atomic E-state index is 12.9. The standard InChI is InChI=1S/C16H9Cl2F3N6O/c1-28-14-7-27(26-13(14)6-25-12(5-23)11(24)4-22)15-9(17)2-8(3-10(15)18)16(19,20)21/h2-3,6-7H,24H2,1H3. The molecule has 2 aromatic rings. The lowest BCUT2D eigenvalue weighted by Crippen LogP contribution is -2.07. The molecule has 0 aliphatic carbocycles. The maximum atomic E-state index is 12.9. The summed E-state index contributed by atoms with van der Waals surface area (Å²) >= 11 is 11.9. The highest BCUT2D eigenvalue weighted by molar-refractivity contribution is 6.37. The van der Waals surface area contributed by atoms with Crippen molar-refractivity contribution >= 4 is 29.4 Å². The van der Waals surface area contributed by atoms with Crippen molar-refractivity contribution in [1.82, 2.24) is 9.78 Å². The summed E-state index contributed by atoms with van der Waals surface area (Å²) in [5, 5.41) is 21.2. The summed E-state index contributed by atoms with van der Waals surface area (Å²) in [7, 11) is 1.32. The van der Waals surface area contributed by atoms with Gasteiger partial charge in [0.25, 0.3) is 0 Å². The van der Waals surface area contributed by atoms with Crippen LogP contribution >= 0.6 is 23.2 Å². The van der Waals surface area contributed by atoms with Gasteiger partial charge in [-0.05, 0) is 12.1 Å². The number of aromatic nitrogens is 2. The van der Waals surface area contributed by atoms with E-state index in [0.29, 0.717) is 0 Å². The summed E-state index contributed by atoms with van der Waals surface area (Å²) in [6, 6.07) is 4.66. The summed E-state index contributed by atoms with van der Waals surface area (Å²) < 4.78 is 44.8. The number of hydrogen-bond donors (Lipinski definition) is 1. The first-order valence-corrected chi connectivity index (χ1v) is 7.92. The lowest BCUT2D eigenvalue weighted by molar-refractivity contribution is -0.137. The number of methoxy groups -OCH3 is 1. The zero-order valence-electron chi connectivity index (χ0n) is 13.9. The van der Waals surface area contributed by atoms with Crippen LogP contribution in [0, 0.1) is 22.7 Å². The molecule has 7 nitrogen and oxygen atoms in total. The SMILES string of the molecule is COc1cn(-c2c(Cl)cc(C(F)(F)F)cc2Cl)nc1C=NC(C#N)=C(N)C#N. The van der Waals surface area contributed by atoms with Crippen LogP contribution in [0.15, 0.2) is 34.7 Å². The predicted molar refractivity (Wildman–Crippen MR) is 95.2 cm³/mol. The van der Waals surface area contributed by atoms with Gasteiger partial charge < -0.3 is 10.5 Å². The number of nitrogens with two attached hydrogens (primary N) is 1.